The highest BCUT2D eigenvalue weighted by Crippen LogP contribution is 2.23. The molecule has 0 aliphatic heterocycles. The summed E-state index contributed by atoms with van der Waals surface area (Å²) in [4.78, 5) is 0. The average Bonchev–Trinajstić information content (AvgIpc) is 2.84. The number of H-pyrrole nitrogens is 1. The van der Waals surface area contributed by atoms with Gasteiger partial charge in [0.05, 0.1) is 18.0 Å². The van der Waals surface area contributed by atoms with Gasteiger partial charge in [0.1, 0.15) is 0 Å². The predicted octanol–water partition coefficient (Wildman–Crippen LogP) is 2.59. The van der Waals surface area contributed by atoms with Gasteiger partial charge >= 0.3 is 0 Å². The normalized spacial score (nSPS) is 9.93. The van der Waals surface area contributed by atoms with Crippen LogP contribution in [-0.4, -0.2) is 10.2 Å². The molecule has 0 aromatic carbocycles. The highest BCUT2D eigenvalue weighted by Gasteiger charge is 2.06. The van der Waals surface area contributed by atoms with Crippen molar-refractivity contribution in [1.82, 2.24) is 10.2 Å². The third-order valence-corrected chi connectivity index (χ3v) is 2.72. The van der Waals surface area contributed by atoms with Crippen LogP contribution in [0.25, 0.3) is 11.3 Å². The van der Waals surface area contributed by atoms with Crippen molar-refractivity contribution in [1.29, 1.82) is 5.26 Å². The van der Waals surface area contributed by atoms with Crippen molar-refractivity contribution in [2.75, 3.05) is 0 Å². The number of nitrogens with zero attached hydrogens (tertiary/aromatic N) is 2. The number of nitrogens with one attached hydrogen (secondary N) is 1. The number of rotatable bonds is 3. The second-order valence-electron chi connectivity index (χ2n) is 2.94. The number of aryl methyl sites for hydroxylation is 1. The monoisotopic (exact) mass is 203 g/mol. The van der Waals surface area contributed by atoms with E-state index in [0.29, 0.717) is 6.42 Å². The zero-order valence-electron chi connectivity index (χ0n) is 7.53. The molecule has 0 saturated heterocycles. The van der Waals surface area contributed by atoms with Crippen LogP contribution >= 0.6 is 11.3 Å². The van der Waals surface area contributed by atoms with E-state index in [-0.39, 0.29) is 0 Å². The van der Waals surface area contributed by atoms with E-state index < -0.39 is 0 Å². The quantitative estimate of drug-likeness (QED) is 0.833. The number of aromatic amines is 1. The summed E-state index contributed by atoms with van der Waals surface area (Å²) in [6, 6.07) is 4.19. The summed E-state index contributed by atoms with van der Waals surface area (Å²) in [6.07, 6.45) is 3.10. The Hall–Kier alpha value is -1.60. The first kappa shape index (κ1) is 8.97. The van der Waals surface area contributed by atoms with Crippen molar-refractivity contribution >= 4 is 11.3 Å². The minimum Gasteiger partial charge on any atom is -0.278 e. The molecule has 0 fully saturated rings. The molecule has 2 aromatic rings. The third kappa shape index (κ3) is 1.68. The first-order chi connectivity index (χ1) is 6.92. The van der Waals surface area contributed by atoms with Gasteiger partial charge in [-0.3, -0.25) is 5.10 Å². The fraction of sp³-hybridized carbons (Fsp3) is 0.200. The van der Waals surface area contributed by atoms with Crippen LogP contribution in [0.3, 0.4) is 0 Å². The first-order valence-corrected chi connectivity index (χ1v) is 5.28. The molecule has 0 atom stereocenters. The summed E-state index contributed by atoms with van der Waals surface area (Å²) in [5.41, 5.74) is 3.31. The highest BCUT2D eigenvalue weighted by atomic mass is 32.1. The number of nitriles is 1. The summed E-state index contributed by atoms with van der Waals surface area (Å²) in [6.45, 7) is 0. The minimum absolute atomic E-state index is 0.538. The third-order valence-electron chi connectivity index (χ3n) is 2.03. The highest BCUT2D eigenvalue weighted by molar-refractivity contribution is 7.08. The van der Waals surface area contributed by atoms with Crippen LogP contribution in [0.2, 0.25) is 0 Å². The molecule has 70 valence electrons. The fourth-order valence-electron chi connectivity index (χ4n) is 1.35. The number of aromatic nitrogens is 2. The topological polar surface area (TPSA) is 52.5 Å². The van der Waals surface area contributed by atoms with E-state index in [4.69, 9.17) is 5.26 Å². The van der Waals surface area contributed by atoms with Crippen LogP contribution in [0.5, 0.6) is 0 Å². The summed E-state index contributed by atoms with van der Waals surface area (Å²) in [7, 11) is 0. The summed E-state index contributed by atoms with van der Waals surface area (Å²) in [5, 5.41) is 19.6. The average molecular weight is 203 g/mol. The molecule has 2 aromatic heterocycles. The van der Waals surface area contributed by atoms with Crippen LogP contribution < -0.4 is 0 Å². The molecular weight excluding hydrogens is 194 g/mol. The van der Waals surface area contributed by atoms with Gasteiger partial charge in [0, 0.05) is 17.4 Å². The van der Waals surface area contributed by atoms with Gasteiger partial charge in [0.2, 0.25) is 0 Å². The summed E-state index contributed by atoms with van der Waals surface area (Å²) in [5.74, 6) is 0. The maximum absolute atomic E-state index is 8.51. The van der Waals surface area contributed by atoms with Crippen LogP contribution in [0.15, 0.2) is 23.0 Å². The number of thiophene rings is 1. The minimum atomic E-state index is 0.538. The predicted molar refractivity (Wildman–Crippen MR) is 55.8 cm³/mol. The van der Waals surface area contributed by atoms with E-state index in [1.165, 1.54) is 0 Å². The lowest BCUT2D eigenvalue weighted by Crippen LogP contribution is -1.84. The molecule has 0 aliphatic carbocycles. The van der Waals surface area contributed by atoms with Crippen molar-refractivity contribution in [2.45, 2.75) is 12.8 Å². The lowest BCUT2D eigenvalue weighted by atomic mass is 10.1. The van der Waals surface area contributed by atoms with E-state index in [1.807, 2.05) is 11.4 Å². The lowest BCUT2D eigenvalue weighted by Gasteiger charge is -1.96. The largest absolute Gasteiger partial charge is 0.278 e. The van der Waals surface area contributed by atoms with Gasteiger partial charge < -0.3 is 0 Å². The molecule has 0 aliphatic rings. The molecule has 14 heavy (non-hydrogen) atoms. The maximum Gasteiger partial charge on any atom is 0.0690 e. The van der Waals surface area contributed by atoms with Gasteiger partial charge in [-0.25, -0.2) is 0 Å². The first-order valence-electron chi connectivity index (χ1n) is 4.33. The van der Waals surface area contributed by atoms with E-state index in [2.05, 4.69) is 21.6 Å². The molecule has 3 nitrogen and oxygen atoms in total. The lowest BCUT2D eigenvalue weighted by molar-refractivity contribution is 1.02. The Morgan fingerprint density at radius 3 is 3.21 bits per heavy atom. The second kappa shape index (κ2) is 4.07. The molecule has 2 rings (SSSR count). The zero-order chi connectivity index (χ0) is 9.80. The van der Waals surface area contributed by atoms with Crippen LogP contribution in [0.1, 0.15) is 12.0 Å². The van der Waals surface area contributed by atoms with Crippen molar-refractivity contribution < 1.29 is 0 Å². The molecule has 1 N–H and O–H groups in total. The van der Waals surface area contributed by atoms with Gasteiger partial charge in [0.15, 0.2) is 0 Å². The standard InChI is InChI=1S/C10H9N3S/c11-4-1-2-8-6-12-13-10(8)9-3-5-14-7-9/h3,5-7H,1-2H2,(H,12,13). The van der Waals surface area contributed by atoms with Crippen molar-refractivity contribution in [3.8, 4) is 17.3 Å². The number of hydrogen-bond acceptors (Lipinski definition) is 3. The molecular formula is C10H9N3S. The molecule has 0 unspecified atom stereocenters. The van der Waals surface area contributed by atoms with E-state index >= 15 is 0 Å². The summed E-state index contributed by atoms with van der Waals surface area (Å²) >= 11 is 1.66. The molecule has 0 radical (unpaired) electrons. The molecule has 2 heterocycles. The van der Waals surface area contributed by atoms with Crippen molar-refractivity contribution in [2.24, 2.45) is 0 Å². The molecule has 0 bridgehead atoms. The van der Waals surface area contributed by atoms with E-state index in [9.17, 15) is 0 Å². The van der Waals surface area contributed by atoms with Crippen LogP contribution in [0, 0.1) is 11.3 Å². The summed E-state index contributed by atoms with van der Waals surface area (Å²) < 4.78 is 0. The van der Waals surface area contributed by atoms with Gasteiger partial charge in [-0.2, -0.15) is 21.7 Å². The fourth-order valence-corrected chi connectivity index (χ4v) is 1.99. The Morgan fingerprint density at radius 1 is 1.57 bits per heavy atom. The Bertz CT molecular complexity index is 436. The van der Waals surface area contributed by atoms with Crippen molar-refractivity contribution in [3.05, 3.63) is 28.6 Å². The van der Waals surface area contributed by atoms with E-state index in [0.717, 1.165) is 23.2 Å². The SMILES string of the molecule is N#CCCc1cn[nH]c1-c1ccsc1. The van der Waals surface area contributed by atoms with Gasteiger partial charge in [-0.15, -0.1) is 0 Å². The molecule has 4 heteroatoms. The van der Waals surface area contributed by atoms with Gasteiger partial charge in [0.25, 0.3) is 0 Å². The van der Waals surface area contributed by atoms with Crippen LogP contribution in [0.4, 0.5) is 0 Å². The second-order valence-corrected chi connectivity index (χ2v) is 3.72. The molecule has 0 saturated carbocycles. The number of hydrogen-bond donors (Lipinski definition) is 1. The Kier molecular flexibility index (Phi) is 2.61. The van der Waals surface area contributed by atoms with Crippen molar-refractivity contribution in [3.63, 3.8) is 0 Å². The van der Waals surface area contributed by atoms with Gasteiger partial charge in [-0.1, -0.05) is 0 Å². The maximum atomic E-state index is 8.51. The molecule has 0 amide bonds. The van der Waals surface area contributed by atoms with Crippen LogP contribution in [-0.2, 0) is 6.42 Å². The Morgan fingerprint density at radius 2 is 2.50 bits per heavy atom. The van der Waals surface area contributed by atoms with E-state index in [1.54, 1.807) is 17.5 Å². The Labute approximate surface area is 86.0 Å². The molecule has 0 spiro atoms. The van der Waals surface area contributed by atoms with Gasteiger partial charge in [-0.05, 0) is 23.4 Å². The zero-order valence-corrected chi connectivity index (χ0v) is 8.34. The Balaban J connectivity index is 2.27. The smallest absolute Gasteiger partial charge is 0.0690 e.